The van der Waals surface area contributed by atoms with Crippen LogP contribution in [-0.4, -0.2) is 27.8 Å². The molecular weight excluding hydrogens is 498 g/mol. The maximum atomic E-state index is 6.99. The lowest BCUT2D eigenvalue weighted by atomic mass is 9.91. The Morgan fingerprint density at radius 3 is 2.43 bits per heavy atom. The van der Waals surface area contributed by atoms with E-state index < -0.39 is 0 Å². The Labute approximate surface area is 230 Å². The van der Waals surface area contributed by atoms with Crippen LogP contribution < -0.4 is 15.1 Å². The lowest BCUT2D eigenvalue weighted by molar-refractivity contribution is 0.357. The first-order valence-corrected chi connectivity index (χ1v) is 14.3. The molecular formula is C30H36ClN5S. The molecule has 2 aromatic heterocycles. The van der Waals surface area contributed by atoms with E-state index in [1.54, 1.807) is 0 Å². The minimum Gasteiger partial charge on any atom is -0.370 e. The third-order valence-electron chi connectivity index (χ3n) is 8.27. The molecule has 6 rings (SSSR count). The molecule has 1 saturated carbocycles. The van der Waals surface area contributed by atoms with Crippen molar-refractivity contribution >= 4 is 40.3 Å². The van der Waals surface area contributed by atoms with Gasteiger partial charge in [0.15, 0.2) is 5.11 Å². The highest BCUT2D eigenvalue weighted by atomic mass is 35.5. The largest absolute Gasteiger partial charge is 0.370 e. The summed E-state index contributed by atoms with van der Waals surface area (Å²) in [6.07, 6.45) is 5.65. The minimum absolute atomic E-state index is 0.0157. The van der Waals surface area contributed by atoms with Crippen LogP contribution in [0.15, 0.2) is 48.7 Å². The highest BCUT2D eigenvalue weighted by Gasteiger charge is 2.43. The summed E-state index contributed by atoms with van der Waals surface area (Å²) < 4.78 is 2.51. The smallest absolute Gasteiger partial charge is 0.174 e. The zero-order valence-corrected chi connectivity index (χ0v) is 23.7. The number of hydrogen-bond donors (Lipinski definition) is 1. The first kappa shape index (κ1) is 24.7. The van der Waals surface area contributed by atoms with Crippen LogP contribution in [0.3, 0.4) is 0 Å². The van der Waals surface area contributed by atoms with Crippen molar-refractivity contribution in [2.75, 3.05) is 22.9 Å². The highest BCUT2D eigenvalue weighted by Crippen LogP contribution is 2.47. The number of halogens is 1. The molecule has 0 radical (unpaired) electrons. The summed E-state index contributed by atoms with van der Waals surface area (Å²) >= 11 is 13.0. The van der Waals surface area contributed by atoms with E-state index >= 15 is 0 Å². The molecule has 5 nitrogen and oxygen atoms in total. The Balaban J connectivity index is 1.41. The van der Waals surface area contributed by atoms with Crippen molar-refractivity contribution in [3.05, 3.63) is 76.3 Å². The van der Waals surface area contributed by atoms with Crippen LogP contribution in [0.5, 0.6) is 0 Å². The van der Waals surface area contributed by atoms with Crippen LogP contribution in [0, 0.1) is 25.7 Å². The fourth-order valence-electron chi connectivity index (χ4n) is 6.71. The Bertz CT molecular complexity index is 1310. The summed E-state index contributed by atoms with van der Waals surface area (Å²) in [5.41, 5.74) is 7.06. The molecule has 1 N–H and O–H groups in total. The normalized spacial score (nSPS) is 26.0. The predicted molar refractivity (Wildman–Crippen MR) is 157 cm³/mol. The summed E-state index contributed by atoms with van der Waals surface area (Å²) in [5.74, 6) is 1.33. The third kappa shape index (κ3) is 4.52. The summed E-state index contributed by atoms with van der Waals surface area (Å²) in [6, 6.07) is 15.5. The van der Waals surface area contributed by atoms with E-state index in [0.717, 1.165) is 35.2 Å². The lowest BCUT2D eigenvalue weighted by Crippen LogP contribution is -2.38. The second-order valence-corrected chi connectivity index (χ2v) is 12.2. The fourth-order valence-corrected chi connectivity index (χ4v) is 7.35. The van der Waals surface area contributed by atoms with Gasteiger partial charge in [0.05, 0.1) is 28.5 Å². The van der Waals surface area contributed by atoms with E-state index in [2.05, 4.69) is 77.7 Å². The number of nitrogens with one attached hydrogen (secondary N) is 1. The Hall–Kier alpha value is -2.57. The summed E-state index contributed by atoms with van der Waals surface area (Å²) in [7, 11) is 0. The van der Waals surface area contributed by atoms with Crippen molar-refractivity contribution in [1.29, 1.82) is 0 Å². The van der Waals surface area contributed by atoms with Gasteiger partial charge in [0.1, 0.15) is 0 Å². The van der Waals surface area contributed by atoms with Crippen LogP contribution >= 0.6 is 23.8 Å². The van der Waals surface area contributed by atoms with Crippen molar-refractivity contribution in [3.8, 4) is 0 Å². The van der Waals surface area contributed by atoms with Crippen LogP contribution in [0.2, 0.25) is 5.02 Å². The van der Waals surface area contributed by atoms with E-state index in [9.17, 15) is 0 Å². The van der Waals surface area contributed by atoms with Gasteiger partial charge in [0.25, 0.3) is 0 Å². The number of hydrogen-bond acceptors (Lipinski definition) is 3. The Morgan fingerprint density at radius 1 is 1.03 bits per heavy atom. The molecule has 4 heterocycles. The molecule has 3 aliphatic rings. The molecule has 1 aliphatic carbocycles. The summed E-state index contributed by atoms with van der Waals surface area (Å²) in [6.45, 7) is 11.2. The van der Waals surface area contributed by atoms with E-state index in [1.807, 2.05) is 18.3 Å². The maximum Gasteiger partial charge on any atom is 0.174 e. The van der Waals surface area contributed by atoms with Gasteiger partial charge < -0.3 is 19.7 Å². The molecule has 3 fully saturated rings. The van der Waals surface area contributed by atoms with Crippen LogP contribution in [0.4, 0.5) is 11.4 Å². The molecule has 1 aromatic carbocycles. The van der Waals surface area contributed by atoms with E-state index in [0.29, 0.717) is 23.0 Å². The molecule has 0 bridgehead atoms. The molecule has 2 aliphatic heterocycles. The van der Waals surface area contributed by atoms with Crippen LogP contribution in [-0.2, 0) is 0 Å². The molecule has 3 aromatic rings. The Morgan fingerprint density at radius 2 is 1.78 bits per heavy atom. The number of rotatable bonds is 5. The van der Waals surface area contributed by atoms with Gasteiger partial charge in [0, 0.05) is 42.4 Å². The maximum absolute atomic E-state index is 6.99. The molecule has 4 atom stereocenters. The van der Waals surface area contributed by atoms with E-state index in [4.69, 9.17) is 28.8 Å². The average Bonchev–Trinajstić information content (AvgIpc) is 3.57. The lowest BCUT2D eigenvalue weighted by Gasteiger charge is -2.37. The van der Waals surface area contributed by atoms with Crippen LogP contribution in [0.25, 0.3) is 0 Å². The zero-order chi connectivity index (χ0) is 25.8. The predicted octanol–water partition coefficient (Wildman–Crippen LogP) is 7.15. The van der Waals surface area contributed by atoms with Crippen molar-refractivity contribution in [2.45, 2.75) is 65.1 Å². The van der Waals surface area contributed by atoms with Crippen molar-refractivity contribution in [2.24, 2.45) is 11.8 Å². The van der Waals surface area contributed by atoms with Crippen LogP contribution in [0.1, 0.15) is 73.9 Å². The second-order valence-electron chi connectivity index (χ2n) is 11.4. The fraction of sp³-hybridized carbons (Fsp3) is 0.467. The number of aryl methyl sites for hydroxylation is 1. The van der Waals surface area contributed by atoms with E-state index in [-0.39, 0.29) is 12.1 Å². The van der Waals surface area contributed by atoms with Crippen molar-refractivity contribution in [1.82, 2.24) is 14.9 Å². The number of pyridine rings is 1. The number of nitrogens with zero attached hydrogens (tertiary/aromatic N) is 4. The van der Waals surface area contributed by atoms with Gasteiger partial charge in [-0.15, -0.1) is 0 Å². The number of piperidine rings is 1. The van der Waals surface area contributed by atoms with Gasteiger partial charge in [0.2, 0.25) is 0 Å². The van der Waals surface area contributed by atoms with Crippen molar-refractivity contribution < 1.29 is 0 Å². The first-order valence-electron chi connectivity index (χ1n) is 13.5. The number of aromatic nitrogens is 2. The van der Waals surface area contributed by atoms with Gasteiger partial charge in [-0.1, -0.05) is 31.5 Å². The molecule has 7 heteroatoms. The molecule has 37 heavy (non-hydrogen) atoms. The molecule has 0 unspecified atom stereocenters. The average molecular weight is 534 g/mol. The number of thiocarbonyl (C=S) groups is 1. The molecule has 194 valence electrons. The summed E-state index contributed by atoms with van der Waals surface area (Å²) in [5, 5.41) is 5.10. The monoisotopic (exact) mass is 533 g/mol. The van der Waals surface area contributed by atoms with Gasteiger partial charge in [-0.3, -0.25) is 4.98 Å². The van der Waals surface area contributed by atoms with Gasteiger partial charge in [-0.2, -0.15) is 0 Å². The van der Waals surface area contributed by atoms with Crippen molar-refractivity contribution in [3.63, 3.8) is 0 Å². The first-order chi connectivity index (χ1) is 17.8. The van der Waals surface area contributed by atoms with Gasteiger partial charge >= 0.3 is 0 Å². The summed E-state index contributed by atoms with van der Waals surface area (Å²) in [4.78, 5) is 9.43. The van der Waals surface area contributed by atoms with Gasteiger partial charge in [-0.05, 0) is 99.1 Å². The molecule has 0 spiro atoms. The second kappa shape index (κ2) is 9.63. The highest BCUT2D eigenvalue weighted by molar-refractivity contribution is 7.80. The van der Waals surface area contributed by atoms with E-state index in [1.165, 1.54) is 36.2 Å². The molecule has 0 amide bonds. The topological polar surface area (TPSA) is 36.3 Å². The number of benzene rings is 1. The van der Waals surface area contributed by atoms with Gasteiger partial charge in [-0.25, -0.2) is 0 Å². The minimum atomic E-state index is -0.0518. The number of anilines is 2. The molecule has 2 saturated heterocycles. The third-order valence-corrected chi connectivity index (χ3v) is 8.89. The quantitative estimate of drug-likeness (QED) is 0.352. The SMILES string of the molecule is Cc1cc([C@H]2[C@@H](c3ccccn3)NC(=S)N2c2ccc(N3C[C@H](C)C[C@H](C)C3)c(Cl)c2)c(C)n1C1CC1. The standard InChI is InChI=1S/C30H36ClN5S/c1-18-13-19(2)17-34(16-18)27-11-10-23(15-25(27)31)36-29(24-14-20(3)35(21(24)4)22-8-9-22)28(33-30(36)37)26-7-5-6-12-32-26/h5-7,10-12,14-15,18-19,22,28-29H,8-9,13,16-17H2,1-4H3,(H,33,37)/t18-,19+,28-,29+/m1/s1. The Kier molecular flexibility index (Phi) is 6.44. The zero-order valence-electron chi connectivity index (χ0n) is 22.1.